The molecule has 1 aromatic carbocycles. The Morgan fingerprint density at radius 1 is 1.25 bits per heavy atom. The number of unbranched alkanes of at least 4 members (excludes halogenated alkanes) is 1. The zero-order valence-corrected chi connectivity index (χ0v) is 17.1. The highest BCUT2D eigenvalue weighted by atomic mass is 35.5. The fourth-order valence-corrected chi connectivity index (χ4v) is 2.70. The molecule has 1 atom stereocenters. The van der Waals surface area contributed by atoms with Gasteiger partial charge in [-0.3, -0.25) is 4.79 Å². The first-order chi connectivity index (χ1) is 13.4. The molecule has 2 aromatic rings. The van der Waals surface area contributed by atoms with Crippen LogP contribution in [0.25, 0.3) is 0 Å². The molecule has 0 saturated carbocycles. The van der Waals surface area contributed by atoms with Crippen LogP contribution in [0.3, 0.4) is 0 Å². The minimum atomic E-state index is -0.761. The van der Waals surface area contributed by atoms with Crippen molar-refractivity contribution in [2.24, 2.45) is 5.92 Å². The van der Waals surface area contributed by atoms with E-state index in [0.717, 1.165) is 12.8 Å². The number of carbonyl (C=O) groups is 2. The summed E-state index contributed by atoms with van der Waals surface area (Å²) in [6, 6.07) is 5.71. The maximum atomic E-state index is 12.6. The number of benzene rings is 1. The van der Waals surface area contributed by atoms with Crippen molar-refractivity contribution in [3.8, 4) is 0 Å². The lowest BCUT2D eigenvalue weighted by Crippen LogP contribution is -2.42. The van der Waals surface area contributed by atoms with E-state index < -0.39 is 12.0 Å². The van der Waals surface area contributed by atoms with Crippen LogP contribution in [0.1, 0.15) is 56.2 Å². The highest BCUT2D eigenvalue weighted by Crippen LogP contribution is 2.12. The molecule has 0 aliphatic carbocycles. The van der Waals surface area contributed by atoms with Gasteiger partial charge in [0, 0.05) is 17.1 Å². The van der Waals surface area contributed by atoms with Gasteiger partial charge in [-0.15, -0.1) is 5.10 Å². The molecule has 2 rings (SSSR count). The third-order valence-corrected chi connectivity index (χ3v) is 4.33. The van der Waals surface area contributed by atoms with E-state index in [2.05, 4.69) is 27.8 Å². The number of esters is 1. The van der Waals surface area contributed by atoms with Crippen molar-refractivity contribution in [2.45, 2.75) is 59.2 Å². The van der Waals surface area contributed by atoms with Gasteiger partial charge in [-0.2, -0.15) is 0 Å². The lowest BCUT2D eigenvalue weighted by atomic mass is 10.0. The quantitative estimate of drug-likeness (QED) is 0.608. The molecule has 0 saturated heterocycles. The van der Waals surface area contributed by atoms with Crippen molar-refractivity contribution in [2.75, 3.05) is 0 Å². The number of tetrazole rings is 1. The van der Waals surface area contributed by atoms with Gasteiger partial charge in [0.25, 0.3) is 5.91 Å². The molecule has 0 spiro atoms. The average Bonchev–Trinajstić information content (AvgIpc) is 3.11. The molecule has 1 aromatic heterocycles. The predicted molar refractivity (Wildman–Crippen MR) is 105 cm³/mol. The molecule has 0 fully saturated rings. The van der Waals surface area contributed by atoms with Crippen molar-refractivity contribution >= 4 is 23.5 Å². The second-order valence-corrected chi connectivity index (χ2v) is 7.38. The normalized spacial score (nSPS) is 12.0. The minimum absolute atomic E-state index is 0.0407. The van der Waals surface area contributed by atoms with Crippen LogP contribution in [0.15, 0.2) is 24.3 Å². The van der Waals surface area contributed by atoms with Crippen molar-refractivity contribution in [3.05, 3.63) is 40.7 Å². The summed E-state index contributed by atoms with van der Waals surface area (Å²) in [5, 5.41) is 14.7. The van der Waals surface area contributed by atoms with Crippen molar-refractivity contribution in [1.29, 1.82) is 0 Å². The minimum Gasteiger partial charge on any atom is -0.456 e. The van der Waals surface area contributed by atoms with E-state index >= 15 is 0 Å². The number of amides is 1. The smallest absolute Gasteiger partial charge is 0.329 e. The van der Waals surface area contributed by atoms with E-state index in [4.69, 9.17) is 16.3 Å². The van der Waals surface area contributed by atoms with Gasteiger partial charge in [0.15, 0.2) is 12.4 Å². The molecular formula is C19H26ClN5O3. The lowest BCUT2D eigenvalue weighted by molar-refractivity contribution is -0.148. The summed E-state index contributed by atoms with van der Waals surface area (Å²) < 4.78 is 7.01. The zero-order chi connectivity index (χ0) is 20.5. The number of aromatic nitrogens is 4. The molecule has 1 N–H and O–H groups in total. The number of carbonyl (C=O) groups excluding carboxylic acids is 2. The summed E-state index contributed by atoms with van der Waals surface area (Å²) in [5.41, 5.74) is 0.425. The Balaban J connectivity index is 1.99. The van der Waals surface area contributed by atoms with Crippen LogP contribution in [0, 0.1) is 5.92 Å². The third-order valence-electron chi connectivity index (χ3n) is 4.08. The number of ether oxygens (including phenoxy) is 1. The van der Waals surface area contributed by atoms with Crippen molar-refractivity contribution < 1.29 is 14.3 Å². The molecule has 1 amide bonds. The Bertz CT molecular complexity index is 776. The van der Waals surface area contributed by atoms with Crippen LogP contribution in [-0.2, 0) is 22.7 Å². The third kappa shape index (κ3) is 6.60. The van der Waals surface area contributed by atoms with Crippen LogP contribution in [0.4, 0.5) is 0 Å². The molecule has 28 heavy (non-hydrogen) atoms. The summed E-state index contributed by atoms with van der Waals surface area (Å²) in [7, 11) is 0. The SMILES string of the molecule is CCCCn1nnnc1COC(=O)C(CC(C)C)NC(=O)c1ccc(Cl)cc1. The number of nitrogens with one attached hydrogen (secondary N) is 1. The second kappa shape index (κ2) is 10.8. The fraction of sp³-hybridized carbons (Fsp3) is 0.526. The van der Waals surface area contributed by atoms with E-state index in [-0.39, 0.29) is 18.4 Å². The van der Waals surface area contributed by atoms with Gasteiger partial charge in [0.05, 0.1) is 0 Å². The first kappa shape index (κ1) is 21.8. The van der Waals surface area contributed by atoms with Gasteiger partial charge in [0.2, 0.25) is 0 Å². The summed E-state index contributed by atoms with van der Waals surface area (Å²) >= 11 is 5.85. The molecule has 1 heterocycles. The Kier molecular flexibility index (Phi) is 8.38. The van der Waals surface area contributed by atoms with Gasteiger partial charge in [-0.05, 0) is 53.5 Å². The first-order valence-electron chi connectivity index (χ1n) is 9.38. The molecule has 0 radical (unpaired) electrons. The highest BCUT2D eigenvalue weighted by molar-refractivity contribution is 6.30. The van der Waals surface area contributed by atoms with E-state index in [1.165, 1.54) is 0 Å². The number of rotatable bonds is 10. The molecule has 0 bridgehead atoms. The van der Waals surface area contributed by atoms with Gasteiger partial charge in [-0.25, -0.2) is 9.48 Å². The van der Waals surface area contributed by atoms with Crippen LogP contribution in [0.2, 0.25) is 5.02 Å². The standard InChI is InChI=1S/C19H26ClN5O3/c1-4-5-10-25-17(22-23-24-25)12-28-19(27)16(11-13(2)3)21-18(26)14-6-8-15(20)9-7-14/h6-9,13,16H,4-5,10-12H2,1-3H3,(H,21,26). The van der Waals surface area contributed by atoms with E-state index in [9.17, 15) is 9.59 Å². The fourth-order valence-electron chi connectivity index (χ4n) is 2.57. The monoisotopic (exact) mass is 407 g/mol. The molecule has 1 unspecified atom stereocenters. The van der Waals surface area contributed by atoms with Crippen LogP contribution in [-0.4, -0.2) is 38.1 Å². The van der Waals surface area contributed by atoms with Crippen molar-refractivity contribution in [3.63, 3.8) is 0 Å². The molecular weight excluding hydrogens is 382 g/mol. The number of hydrogen-bond acceptors (Lipinski definition) is 6. The van der Waals surface area contributed by atoms with E-state index in [0.29, 0.717) is 29.4 Å². The zero-order valence-electron chi connectivity index (χ0n) is 16.4. The number of aryl methyl sites for hydroxylation is 1. The highest BCUT2D eigenvalue weighted by Gasteiger charge is 2.24. The predicted octanol–water partition coefficient (Wildman–Crippen LogP) is 3.01. The summed E-state index contributed by atoms with van der Waals surface area (Å²) in [6.45, 7) is 6.64. The maximum absolute atomic E-state index is 12.6. The number of hydrogen-bond donors (Lipinski definition) is 1. The molecule has 9 heteroatoms. The van der Waals surface area contributed by atoms with Crippen LogP contribution < -0.4 is 5.32 Å². The maximum Gasteiger partial charge on any atom is 0.329 e. The van der Waals surface area contributed by atoms with Gasteiger partial charge < -0.3 is 10.1 Å². The summed E-state index contributed by atoms with van der Waals surface area (Å²) in [5.74, 6) is -0.194. The lowest BCUT2D eigenvalue weighted by Gasteiger charge is -2.19. The number of halogens is 1. The topological polar surface area (TPSA) is 99.0 Å². The Hall–Kier alpha value is -2.48. The largest absolute Gasteiger partial charge is 0.456 e. The van der Waals surface area contributed by atoms with E-state index in [1.54, 1.807) is 28.9 Å². The summed E-state index contributed by atoms with van der Waals surface area (Å²) in [4.78, 5) is 25.0. The Labute approximate surface area is 169 Å². The average molecular weight is 408 g/mol. The Morgan fingerprint density at radius 2 is 1.96 bits per heavy atom. The molecule has 0 aliphatic rings. The van der Waals surface area contributed by atoms with Gasteiger partial charge in [0.1, 0.15) is 6.04 Å². The molecule has 8 nitrogen and oxygen atoms in total. The first-order valence-corrected chi connectivity index (χ1v) is 9.76. The van der Waals surface area contributed by atoms with Gasteiger partial charge in [-0.1, -0.05) is 38.8 Å². The Morgan fingerprint density at radius 3 is 2.61 bits per heavy atom. The molecule has 0 aliphatic heterocycles. The summed E-state index contributed by atoms with van der Waals surface area (Å²) in [6.07, 6.45) is 2.39. The second-order valence-electron chi connectivity index (χ2n) is 6.94. The van der Waals surface area contributed by atoms with E-state index in [1.807, 2.05) is 13.8 Å². The van der Waals surface area contributed by atoms with Crippen LogP contribution >= 0.6 is 11.6 Å². The number of nitrogens with zero attached hydrogens (tertiary/aromatic N) is 4. The van der Waals surface area contributed by atoms with Gasteiger partial charge >= 0.3 is 5.97 Å². The van der Waals surface area contributed by atoms with Crippen molar-refractivity contribution in [1.82, 2.24) is 25.5 Å². The van der Waals surface area contributed by atoms with Crippen LogP contribution in [0.5, 0.6) is 0 Å². The molecule has 152 valence electrons.